The molecule has 2 heterocycles. The molecule has 0 aliphatic heterocycles. The van der Waals surface area contributed by atoms with Crippen LogP contribution < -0.4 is 0 Å². The molecular formula is C18H12N4O5. The van der Waals surface area contributed by atoms with Crippen LogP contribution in [-0.4, -0.2) is 34.6 Å². The highest BCUT2D eigenvalue weighted by Gasteiger charge is 2.20. The van der Waals surface area contributed by atoms with Crippen LogP contribution in [0.4, 0.5) is 5.69 Å². The van der Waals surface area contributed by atoms with Crippen molar-refractivity contribution in [1.29, 1.82) is 0 Å². The predicted molar refractivity (Wildman–Crippen MR) is 95.5 cm³/mol. The molecule has 0 amide bonds. The summed E-state index contributed by atoms with van der Waals surface area (Å²) in [4.78, 5) is 18.8. The van der Waals surface area contributed by atoms with Gasteiger partial charge in [0.2, 0.25) is 5.78 Å². The van der Waals surface area contributed by atoms with Crippen LogP contribution in [0.25, 0.3) is 28.2 Å². The molecule has 0 radical (unpaired) electrons. The number of phenols is 3. The van der Waals surface area contributed by atoms with Crippen molar-refractivity contribution in [2.24, 2.45) is 0 Å². The summed E-state index contributed by atoms with van der Waals surface area (Å²) in [5.74, 6) is -0.358. The average Bonchev–Trinajstić information content (AvgIpc) is 3.10. The van der Waals surface area contributed by atoms with Crippen LogP contribution in [-0.2, 0) is 0 Å². The van der Waals surface area contributed by atoms with Crippen LogP contribution >= 0.6 is 0 Å². The largest absolute Gasteiger partial charge is 0.508 e. The topological polar surface area (TPSA) is 134 Å². The molecule has 0 aliphatic carbocycles. The number of nitro benzene ring substituents is 1. The number of hydrogen-bond donors (Lipinski definition) is 3. The maximum absolute atomic E-state index is 11.2. The minimum absolute atomic E-state index is 0.103. The molecule has 2 aromatic carbocycles. The molecule has 4 rings (SSSR count). The molecule has 0 bridgehead atoms. The molecule has 0 aliphatic rings. The minimum Gasteiger partial charge on any atom is -0.508 e. The standard InChI is InChI=1S/C18H12N4O5/c23-11-2-3-12(16(25)8-11)17-13(9-20-18-19-5-6-21(17)18)10-1-4-15(24)14(7-10)22(26)27/h1-9,23-25H. The fraction of sp³-hybridized carbons (Fsp3) is 0. The molecule has 0 unspecified atom stereocenters. The van der Waals surface area contributed by atoms with E-state index < -0.39 is 16.4 Å². The smallest absolute Gasteiger partial charge is 0.311 e. The number of nitrogens with zero attached hydrogens (tertiary/aromatic N) is 4. The lowest BCUT2D eigenvalue weighted by Gasteiger charge is -2.14. The summed E-state index contributed by atoms with van der Waals surface area (Å²) in [6.45, 7) is 0. The van der Waals surface area contributed by atoms with Gasteiger partial charge in [0.15, 0.2) is 5.75 Å². The van der Waals surface area contributed by atoms with Crippen molar-refractivity contribution in [1.82, 2.24) is 14.4 Å². The highest BCUT2D eigenvalue weighted by atomic mass is 16.6. The molecule has 0 saturated carbocycles. The van der Waals surface area contributed by atoms with Crippen molar-refractivity contribution in [2.45, 2.75) is 0 Å². The van der Waals surface area contributed by atoms with Crippen molar-refractivity contribution in [3.05, 3.63) is 65.1 Å². The zero-order chi connectivity index (χ0) is 19.1. The van der Waals surface area contributed by atoms with Gasteiger partial charge in [-0.05, 0) is 23.8 Å². The summed E-state index contributed by atoms with van der Waals surface area (Å²) in [6, 6.07) is 8.12. The summed E-state index contributed by atoms with van der Waals surface area (Å²) < 4.78 is 1.63. The van der Waals surface area contributed by atoms with E-state index in [4.69, 9.17) is 0 Å². The maximum atomic E-state index is 11.2. The molecule has 9 nitrogen and oxygen atoms in total. The molecule has 0 fully saturated rings. The van der Waals surface area contributed by atoms with Crippen molar-refractivity contribution in [3.8, 4) is 39.6 Å². The number of rotatable bonds is 3. The Hall–Kier alpha value is -4.14. The second-order valence-corrected chi connectivity index (χ2v) is 5.78. The highest BCUT2D eigenvalue weighted by Crippen LogP contribution is 2.40. The molecule has 0 saturated heterocycles. The van der Waals surface area contributed by atoms with Gasteiger partial charge in [-0.25, -0.2) is 9.97 Å². The third-order valence-electron chi connectivity index (χ3n) is 4.15. The lowest BCUT2D eigenvalue weighted by molar-refractivity contribution is -0.385. The molecule has 27 heavy (non-hydrogen) atoms. The Morgan fingerprint density at radius 2 is 1.78 bits per heavy atom. The highest BCUT2D eigenvalue weighted by molar-refractivity contribution is 5.85. The number of fused-ring (bicyclic) bond motifs is 1. The molecule has 2 aromatic heterocycles. The summed E-state index contributed by atoms with van der Waals surface area (Å²) in [6.07, 6.45) is 4.66. The van der Waals surface area contributed by atoms with Crippen LogP contribution in [0, 0.1) is 10.1 Å². The first-order valence-electron chi connectivity index (χ1n) is 7.78. The van der Waals surface area contributed by atoms with E-state index in [0.717, 1.165) is 0 Å². The molecular weight excluding hydrogens is 352 g/mol. The first-order valence-corrected chi connectivity index (χ1v) is 7.78. The van der Waals surface area contributed by atoms with Gasteiger partial charge in [0.1, 0.15) is 11.5 Å². The summed E-state index contributed by atoms with van der Waals surface area (Å²) in [5.41, 5.74) is 1.31. The normalized spacial score (nSPS) is 11.0. The van der Waals surface area contributed by atoms with Crippen molar-refractivity contribution in [3.63, 3.8) is 0 Å². The van der Waals surface area contributed by atoms with E-state index in [0.29, 0.717) is 28.2 Å². The second-order valence-electron chi connectivity index (χ2n) is 5.78. The fourth-order valence-electron chi connectivity index (χ4n) is 2.92. The van der Waals surface area contributed by atoms with Gasteiger partial charge in [0.25, 0.3) is 0 Å². The Labute approximate surface area is 151 Å². The van der Waals surface area contributed by atoms with Gasteiger partial charge < -0.3 is 15.3 Å². The Bertz CT molecular complexity index is 1200. The number of hydrogen-bond acceptors (Lipinski definition) is 7. The maximum Gasteiger partial charge on any atom is 0.311 e. The lowest BCUT2D eigenvalue weighted by Crippen LogP contribution is -1.98. The van der Waals surface area contributed by atoms with E-state index in [1.165, 1.54) is 48.8 Å². The Kier molecular flexibility index (Phi) is 3.62. The first-order chi connectivity index (χ1) is 13.0. The van der Waals surface area contributed by atoms with Gasteiger partial charge in [0, 0.05) is 41.9 Å². The van der Waals surface area contributed by atoms with Gasteiger partial charge in [-0.2, -0.15) is 0 Å². The number of benzene rings is 2. The molecule has 134 valence electrons. The summed E-state index contributed by atoms with van der Waals surface area (Å²) >= 11 is 0. The third-order valence-corrected chi connectivity index (χ3v) is 4.15. The zero-order valence-corrected chi connectivity index (χ0v) is 13.6. The Balaban J connectivity index is 2.05. The Morgan fingerprint density at radius 3 is 2.52 bits per heavy atom. The van der Waals surface area contributed by atoms with E-state index in [1.54, 1.807) is 10.6 Å². The Morgan fingerprint density at radius 1 is 0.963 bits per heavy atom. The first kappa shape index (κ1) is 16.3. The average molecular weight is 364 g/mol. The number of aromatic nitrogens is 3. The lowest BCUT2D eigenvalue weighted by atomic mass is 9.99. The molecule has 0 spiro atoms. The molecule has 3 N–H and O–H groups in total. The van der Waals surface area contributed by atoms with E-state index in [2.05, 4.69) is 9.97 Å². The van der Waals surface area contributed by atoms with Gasteiger partial charge >= 0.3 is 5.69 Å². The van der Waals surface area contributed by atoms with E-state index in [-0.39, 0.29) is 11.5 Å². The second kappa shape index (κ2) is 5.99. The van der Waals surface area contributed by atoms with Gasteiger partial charge in [0.05, 0.1) is 10.6 Å². The fourth-order valence-corrected chi connectivity index (χ4v) is 2.92. The number of aromatic hydroxyl groups is 3. The number of nitro groups is 1. The van der Waals surface area contributed by atoms with Gasteiger partial charge in [-0.3, -0.25) is 14.5 Å². The van der Waals surface area contributed by atoms with Gasteiger partial charge in [-0.15, -0.1) is 0 Å². The van der Waals surface area contributed by atoms with Crippen molar-refractivity contribution >= 4 is 11.5 Å². The molecule has 4 aromatic rings. The summed E-state index contributed by atoms with van der Waals surface area (Å²) in [5, 5.41) is 40.8. The van der Waals surface area contributed by atoms with Gasteiger partial charge in [-0.1, -0.05) is 6.07 Å². The van der Waals surface area contributed by atoms with Crippen LogP contribution in [0.15, 0.2) is 55.0 Å². The quantitative estimate of drug-likeness (QED) is 0.375. The summed E-state index contributed by atoms with van der Waals surface area (Å²) in [7, 11) is 0. The molecule has 0 atom stereocenters. The van der Waals surface area contributed by atoms with Crippen LogP contribution in [0.2, 0.25) is 0 Å². The van der Waals surface area contributed by atoms with E-state index >= 15 is 0 Å². The van der Waals surface area contributed by atoms with Crippen molar-refractivity contribution < 1.29 is 20.2 Å². The third kappa shape index (κ3) is 2.67. The predicted octanol–water partition coefficient (Wildman–Crippen LogP) is 3.09. The van der Waals surface area contributed by atoms with Crippen LogP contribution in [0.3, 0.4) is 0 Å². The van der Waals surface area contributed by atoms with Crippen molar-refractivity contribution in [2.75, 3.05) is 0 Å². The van der Waals surface area contributed by atoms with Crippen LogP contribution in [0.5, 0.6) is 17.2 Å². The SMILES string of the molecule is O=[N+]([O-])c1cc(-c2cnc3nccn3c2-c2ccc(O)cc2O)ccc1O. The molecule has 9 heteroatoms. The van der Waals surface area contributed by atoms with Crippen LogP contribution in [0.1, 0.15) is 0 Å². The van der Waals surface area contributed by atoms with E-state index in [1.807, 2.05) is 0 Å². The minimum atomic E-state index is -0.681. The zero-order valence-electron chi connectivity index (χ0n) is 13.6. The van der Waals surface area contributed by atoms with E-state index in [9.17, 15) is 25.4 Å². The number of phenolic OH excluding ortho intramolecular Hbond substituents is 3. The monoisotopic (exact) mass is 364 g/mol. The number of imidazole rings is 1.